The maximum Gasteiger partial charge on any atom is 0.328 e. The van der Waals surface area contributed by atoms with E-state index < -0.39 is 12.0 Å². The van der Waals surface area contributed by atoms with Crippen LogP contribution in [0.2, 0.25) is 0 Å². The summed E-state index contributed by atoms with van der Waals surface area (Å²) in [6.45, 7) is 7.59. The molecule has 0 bridgehead atoms. The molecule has 1 aromatic rings. The van der Waals surface area contributed by atoms with Gasteiger partial charge in [0.1, 0.15) is 6.04 Å². The summed E-state index contributed by atoms with van der Waals surface area (Å²) in [5, 5.41) is 0.0169. The molecule has 0 fully saturated rings. The van der Waals surface area contributed by atoms with Crippen molar-refractivity contribution < 1.29 is 19.1 Å². The number of aryl methyl sites for hydroxylation is 1. The number of thioether (sulfide) groups is 1. The van der Waals surface area contributed by atoms with Crippen LogP contribution in [0.25, 0.3) is 0 Å². The molecule has 0 spiro atoms. The Morgan fingerprint density at radius 1 is 1.14 bits per heavy atom. The quantitative estimate of drug-likeness (QED) is 0.302. The third kappa shape index (κ3) is 7.78. The molecule has 1 atom stereocenters. The van der Waals surface area contributed by atoms with Crippen molar-refractivity contribution in [1.82, 2.24) is 0 Å². The van der Waals surface area contributed by atoms with Gasteiger partial charge in [0.25, 0.3) is 0 Å². The smallest absolute Gasteiger partial charge is 0.328 e. The van der Waals surface area contributed by atoms with Crippen LogP contribution in [0.5, 0.6) is 0 Å². The molecule has 0 radical (unpaired) electrons. The second kappa shape index (κ2) is 13.1. The molecule has 7 heteroatoms. The number of rotatable bonds is 11. The zero-order chi connectivity index (χ0) is 22.0. The van der Waals surface area contributed by atoms with Crippen LogP contribution < -0.4 is 4.90 Å². The van der Waals surface area contributed by atoms with Gasteiger partial charge >= 0.3 is 5.97 Å². The number of benzene rings is 1. The Hall–Kier alpha value is -1.34. The zero-order valence-electron chi connectivity index (χ0n) is 18.0. The van der Waals surface area contributed by atoms with E-state index in [0.717, 1.165) is 46.6 Å². The first kappa shape index (κ1) is 25.7. The minimum atomic E-state index is -0.788. The fourth-order valence-corrected chi connectivity index (χ4v) is 4.18. The number of methoxy groups -OCH3 is 1. The summed E-state index contributed by atoms with van der Waals surface area (Å²) in [7, 11) is 1.30. The maximum absolute atomic E-state index is 13.1. The molecule has 0 N–H and O–H groups in total. The molecule has 0 aliphatic rings. The predicted molar refractivity (Wildman–Crippen MR) is 123 cm³/mol. The second-order valence-corrected chi connectivity index (χ2v) is 9.01. The highest BCUT2D eigenvalue weighted by molar-refractivity contribution is 9.10. The molecule has 1 unspecified atom stereocenters. The van der Waals surface area contributed by atoms with Gasteiger partial charge in [-0.1, -0.05) is 66.4 Å². The van der Waals surface area contributed by atoms with Crippen LogP contribution in [0.1, 0.15) is 63.5 Å². The second-order valence-electron chi connectivity index (χ2n) is 7.13. The molecule has 1 aromatic carbocycles. The van der Waals surface area contributed by atoms with Gasteiger partial charge in [0.2, 0.25) is 5.91 Å². The molecule has 0 saturated heterocycles. The molecule has 1 amide bonds. The minimum absolute atomic E-state index is 0.000517. The van der Waals surface area contributed by atoms with Crippen molar-refractivity contribution in [2.75, 3.05) is 17.8 Å². The Morgan fingerprint density at radius 3 is 2.41 bits per heavy atom. The van der Waals surface area contributed by atoms with Crippen molar-refractivity contribution in [1.29, 1.82) is 0 Å². The van der Waals surface area contributed by atoms with Crippen molar-refractivity contribution in [3.63, 3.8) is 0 Å². The van der Waals surface area contributed by atoms with E-state index in [1.165, 1.54) is 24.9 Å². The highest BCUT2D eigenvalue weighted by Gasteiger charge is 2.31. The van der Waals surface area contributed by atoms with Gasteiger partial charge < -0.3 is 4.74 Å². The number of nitrogens with zero attached hydrogens (tertiary/aromatic N) is 1. The highest BCUT2D eigenvalue weighted by atomic mass is 79.9. The van der Waals surface area contributed by atoms with Gasteiger partial charge in [0.15, 0.2) is 5.12 Å². The van der Waals surface area contributed by atoms with Crippen molar-refractivity contribution in [2.24, 2.45) is 0 Å². The number of hydrogen-bond donors (Lipinski definition) is 0. The van der Waals surface area contributed by atoms with Gasteiger partial charge in [-0.3, -0.25) is 14.5 Å². The number of unbranched alkanes of at least 4 members (excludes halogenated alkanes) is 4. The number of esters is 1. The molecule has 1 rings (SSSR count). The van der Waals surface area contributed by atoms with E-state index >= 15 is 0 Å². The number of anilines is 1. The number of hydrogen-bond acceptors (Lipinski definition) is 5. The molecule has 0 aromatic heterocycles. The first-order valence-corrected chi connectivity index (χ1v) is 11.8. The summed E-state index contributed by atoms with van der Waals surface area (Å²) in [4.78, 5) is 38.9. The maximum atomic E-state index is 13.1. The summed E-state index contributed by atoms with van der Waals surface area (Å²) >= 11 is 4.53. The van der Waals surface area contributed by atoms with Crippen LogP contribution in [-0.4, -0.2) is 35.9 Å². The van der Waals surface area contributed by atoms with Crippen LogP contribution >= 0.6 is 27.7 Å². The van der Waals surface area contributed by atoms with Gasteiger partial charge in [0.05, 0.1) is 18.6 Å². The first-order chi connectivity index (χ1) is 13.7. The topological polar surface area (TPSA) is 63.7 Å². The number of carbonyl (C=O) groups excluding carboxylic acids is 3. The van der Waals surface area contributed by atoms with Gasteiger partial charge in [-0.05, 0) is 44.4 Å². The van der Waals surface area contributed by atoms with Crippen molar-refractivity contribution in [3.05, 3.63) is 27.7 Å². The fraction of sp³-hybridized carbons (Fsp3) is 0.591. The van der Waals surface area contributed by atoms with Crippen LogP contribution in [0.15, 0.2) is 16.6 Å². The molecule has 0 aliphatic heterocycles. The molecule has 0 heterocycles. The lowest BCUT2D eigenvalue weighted by Gasteiger charge is -2.30. The monoisotopic (exact) mass is 485 g/mol. The van der Waals surface area contributed by atoms with E-state index in [1.54, 1.807) is 6.92 Å². The van der Waals surface area contributed by atoms with Gasteiger partial charge in [-0.2, -0.15) is 0 Å². The van der Waals surface area contributed by atoms with Crippen molar-refractivity contribution in [3.8, 4) is 0 Å². The van der Waals surface area contributed by atoms with E-state index in [1.807, 2.05) is 26.0 Å². The Bertz CT molecular complexity index is 723. The average Bonchev–Trinajstić information content (AvgIpc) is 2.70. The molecular weight excluding hydrogens is 454 g/mol. The van der Waals surface area contributed by atoms with Crippen LogP contribution in [0.4, 0.5) is 5.69 Å². The Kier molecular flexibility index (Phi) is 11.6. The molecule has 29 heavy (non-hydrogen) atoms. The molecule has 162 valence electrons. The predicted octanol–water partition coefficient (Wildman–Crippen LogP) is 5.58. The summed E-state index contributed by atoms with van der Waals surface area (Å²) < 4.78 is 5.72. The van der Waals surface area contributed by atoms with Crippen LogP contribution in [-0.2, 0) is 19.1 Å². The Labute approximate surface area is 187 Å². The number of halogens is 1. The summed E-state index contributed by atoms with van der Waals surface area (Å²) in [6, 6.07) is 3.02. The summed E-state index contributed by atoms with van der Waals surface area (Å²) in [5.74, 6) is -0.776. The van der Waals surface area contributed by atoms with E-state index in [4.69, 9.17) is 4.74 Å². The van der Waals surface area contributed by atoms with Gasteiger partial charge in [0, 0.05) is 10.9 Å². The minimum Gasteiger partial charge on any atom is -0.467 e. The van der Waals surface area contributed by atoms with Crippen LogP contribution in [0, 0.1) is 13.8 Å². The van der Waals surface area contributed by atoms with E-state index in [9.17, 15) is 14.4 Å². The highest BCUT2D eigenvalue weighted by Crippen LogP contribution is 2.33. The standard InChI is InChI=1S/C22H32BrNO4S/c1-6-7-8-9-10-11-20(26)29-14-19(25)24(17(4)22(27)28-5)21-15(2)12-13-18(23)16(21)3/h12-13,17H,6-11,14H2,1-5H3. The summed E-state index contributed by atoms with van der Waals surface area (Å²) in [5.41, 5.74) is 2.42. The molecule has 5 nitrogen and oxygen atoms in total. The zero-order valence-corrected chi connectivity index (χ0v) is 20.5. The number of amides is 1. The van der Waals surface area contributed by atoms with E-state index in [-0.39, 0.29) is 16.8 Å². The largest absolute Gasteiger partial charge is 0.467 e. The molecule has 0 saturated carbocycles. The van der Waals surface area contributed by atoms with Gasteiger partial charge in [-0.25, -0.2) is 4.79 Å². The molecule has 0 aliphatic carbocycles. The normalized spacial score (nSPS) is 11.8. The third-order valence-corrected chi connectivity index (χ3v) is 6.62. The number of ether oxygens (including phenoxy) is 1. The summed E-state index contributed by atoms with van der Waals surface area (Å²) in [6.07, 6.45) is 5.86. The third-order valence-electron chi connectivity index (χ3n) is 4.85. The Morgan fingerprint density at radius 2 is 1.79 bits per heavy atom. The van der Waals surface area contributed by atoms with Gasteiger partial charge in [-0.15, -0.1) is 0 Å². The van der Waals surface area contributed by atoms with E-state index in [0.29, 0.717) is 12.1 Å². The van der Waals surface area contributed by atoms with Crippen molar-refractivity contribution in [2.45, 2.75) is 72.3 Å². The fourth-order valence-electron chi connectivity index (χ4n) is 3.15. The van der Waals surface area contributed by atoms with Crippen LogP contribution in [0.3, 0.4) is 0 Å². The first-order valence-electron chi connectivity index (χ1n) is 10.1. The lowest BCUT2D eigenvalue weighted by Crippen LogP contribution is -2.45. The van der Waals surface area contributed by atoms with E-state index in [2.05, 4.69) is 22.9 Å². The number of carbonyl (C=O) groups is 3. The molecular formula is C22H32BrNO4S. The SMILES string of the molecule is CCCCCCCC(=O)SCC(=O)N(c1c(C)ccc(Br)c1C)C(C)C(=O)OC. The lowest BCUT2D eigenvalue weighted by molar-refractivity contribution is -0.142. The Balaban J connectivity index is 2.90. The van der Waals surface area contributed by atoms with Crippen molar-refractivity contribution >= 4 is 50.4 Å². The lowest BCUT2D eigenvalue weighted by atomic mass is 10.1. The average molecular weight is 486 g/mol.